The maximum atomic E-state index is 5.84. The molecule has 1 saturated heterocycles. The summed E-state index contributed by atoms with van der Waals surface area (Å²) in [6.07, 6.45) is 1.75. The Labute approximate surface area is 133 Å². The fourth-order valence-electron chi connectivity index (χ4n) is 2.39. The van der Waals surface area contributed by atoms with Crippen molar-refractivity contribution in [2.24, 2.45) is 0 Å². The fourth-order valence-corrected chi connectivity index (χ4v) is 2.84. The van der Waals surface area contributed by atoms with E-state index >= 15 is 0 Å². The molecule has 1 aromatic heterocycles. The summed E-state index contributed by atoms with van der Waals surface area (Å²) in [5.74, 6) is 1.46. The highest BCUT2D eigenvalue weighted by molar-refractivity contribution is 9.10. The Balaban J connectivity index is 1.71. The number of nitrogens with zero attached hydrogens (tertiary/aromatic N) is 2. The number of hydrogen-bond acceptors (Lipinski definition) is 4. The van der Waals surface area contributed by atoms with Crippen LogP contribution in [0.1, 0.15) is 5.56 Å². The van der Waals surface area contributed by atoms with Crippen LogP contribution in [0, 0.1) is 6.92 Å². The molecular weight excluding hydrogens is 330 g/mol. The number of nitrogens with one attached hydrogen (secondary N) is 1. The number of pyridine rings is 1. The number of aryl methyl sites for hydroxylation is 1. The number of ether oxygens (including phenoxy) is 1. The van der Waals surface area contributed by atoms with Gasteiger partial charge >= 0.3 is 0 Å². The van der Waals surface area contributed by atoms with Crippen molar-refractivity contribution in [1.82, 2.24) is 10.3 Å². The third-order valence-electron chi connectivity index (χ3n) is 3.53. The Hall–Kier alpha value is -1.59. The van der Waals surface area contributed by atoms with Crippen LogP contribution in [0.2, 0.25) is 0 Å². The molecule has 1 N–H and O–H groups in total. The minimum atomic E-state index is 0.646. The first-order chi connectivity index (χ1) is 10.2. The van der Waals surface area contributed by atoms with E-state index in [1.54, 1.807) is 6.20 Å². The van der Waals surface area contributed by atoms with Gasteiger partial charge in [-0.15, -0.1) is 0 Å². The van der Waals surface area contributed by atoms with Gasteiger partial charge in [-0.05, 0) is 53.2 Å². The van der Waals surface area contributed by atoms with Crippen LogP contribution in [0.25, 0.3) is 0 Å². The van der Waals surface area contributed by atoms with E-state index in [1.165, 1.54) is 5.69 Å². The van der Waals surface area contributed by atoms with Crippen molar-refractivity contribution in [2.45, 2.75) is 6.92 Å². The summed E-state index contributed by atoms with van der Waals surface area (Å²) in [5, 5.41) is 3.36. The standard InChI is InChI=1S/C16H18BrN3O/c1-12-10-13(17)11-19-16(12)21-15-4-2-14(3-5-15)20-8-6-18-7-9-20/h2-5,10-11,18H,6-9H2,1H3. The lowest BCUT2D eigenvalue weighted by molar-refractivity contribution is 0.458. The Bertz CT molecular complexity index is 609. The van der Waals surface area contributed by atoms with Crippen LogP contribution in [0.3, 0.4) is 0 Å². The van der Waals surface area contributed by atoms with Crippen molar-refractivity contribution < 1.29 is 4.74 Å². The van der Waals surface area contributed by atoms with E-state index in [1.807, 2.05) is 25.1 Å². The molecule has 0 bridgehead atoms. The normalized spacial score (nSPS) is 15.0. The molecule has 0 unspecified atom stereocenters. The van der Waals surface area contributed by atoms with Gasteiger partial charge in [0.15, 0.2) is 0 Å². The van der Waals surface area contributed by atoms with Crippen LogP contribution in [-0.4, -0.2) is 31.2 Å². The quantitative estimate of drug-likeness (QED) is 0.923. The Kier molecular flexibility index (Phi) is 4.41. The Morgan fingerprint density at radius 2 is 1.90 bits per heavy atom. The Morgan fingerprint density at radius 3 is 2.57 bits per heavy atom. The molecular formula is C16H18BrN3O. The van der Waals surface area contributed by atoms with Crippen LogP contribution in [0.15, 0.2) is 41.0 Å². The van der Waals surface area contributed by atoms with Crippen LogP contribution in [-0.2, 0) is 0 Å². The largest absolute Gasteiger partial charge is 0.439 e. The van der Waals surface area contributed by atoms with Crippen molar-refractivity contribution in [3.8, 4) is 11.6 Å². The molecule has 1 aliphatic heterocycles. The predicted molar refractivity (Wildman–Crippen MR) is 88.3 cm³/mol. The smallest absolute Gasteiger partial charge is 0.222 e. The second-order valence-electron chi connectivity index (χ2n) is 5.11. The van der Waals surface area contributed by atoms with Gasteiger partial charge in [-0.25, -0.2) is 4.98 Å². The van der Waals surface area contributed by atoms with Gasteiger partial charge in [-0.2, -0.15) is 0 Å². The van der Waals surface area contributed by atoms with Crippen molar-refractivity contribution in [1.29, 1.82) is 0 Å². The molecule has 5 heteroatoms. The predicted octanol–water partition coefficient (Wildman–Crippen LogP) is 3.35. The number of benzene rings is 1. The minimum Gasteiger partial charge on any atom is -0.439 e. The van der Waals surface area contributed by atoms with Gasteiger partial charge in [-0.3, -0.25) is 0 Å². The zero-order chi connectivity index (χ0) is 14.7. The van der Waals surface area contributed by atoms with Gasteiger partial charge in [0, 0.05) is 48.1 Å². The molecule has 0 saturated carbocycles. The summed E-state index contributed by atoms with van der Waals surface area (Å²) in [4.78, 5) is 6.68. The SMILES string of the molecule is Cc1cc(Br)cnc1Oc1ccc(N2CCNCC2)cc1. The first-order valence-electron chi connectivity index (χ1n) is 7.08. The molecule has 2 aromatic rings. The lowest BCUT2D eigenvalue weighted by Gasteiger charge is -2.29. The molecule has 3 rings (SSSR count). The van der Waals surface area contributed by atoms with Gasteiger partial charge in [-0.1, -0.05) is 0 Å². The zero-order valence-corrected chi connectivity index (χ0v) is 13.6. The molecule has 2 heterocycles. The first kappa shape index (κ1) is 14.4. The highest BCUT2D eigenvalue weighted by atomic mass is 79.9. The van der Waals surface area contributed by atoms with Gasteiger partial charge in [0.1, 0.15) is 5.75 Å². The number of anilines is 1. The molecule has 110 valence electrons. The number of piperazine rings is 1. The third kappa shape index (κ3) is 3.54. The molecule has 1 fully saturated rings. The number of hydrogen-bond donors (Lipinski definition) is 1. The third-order valence-corrected chi connectivity index (χ3v) is 3.96. The van der Waals surface area contributed by atoms with Crippen LogP contribution in [0.4, 0.5) is 5.69 Å². The summed E-state index contributed by atoms with van der Waals surface area (Å²) in [5.41, 5.74) is 2.25. The van der Waals surface area contributed by atoms with E-state index in [9.17, 15) is 0 Å². The summed E-state index contributed by atoms with van der Waals surface area (Å²) < 4.78 is 6.80. The van der Waals surface area contributed by atoms with E-state index in [0.717, 1.165) is 42.0 Å². The number of aromatic nitrogens is 1. The van der Waals surface area contributed by atoms with E-state index in [2.05, 4.69) is 43.3 Å². The Morgan fingerprint density at radius 1 is 1.19 bits per heavy atom. The lowest BCUT2D eigenvalue weighted by Crippen LogP contribution is -2.43. The first-order valence-corrected chi connectivity index (χ1v) is 7.87. The molecule has 21 heavy (non-hydrogen) atoms. The van der Waals surface area contributed by atoms with Crippen molar-refractivity contribution in [2.75, 3.05) is 31.1 Å². The van der Waals surface area contributed by atoms with E-state index in [0.29, 0.717) is 5.88 Å². The molecule has 0 amide bonds. The molecule has 0 spiro atoms. The van der Waals surface area contributed by atoms with E-state index in [-0.39, 0.29) is 0 Å². The molecule has 0 radical (unpaired) electrons. The average molecular weight is 348 g/mol. The maximum absolute atomic E-state index is 5.84. The molecule has 0 atom stereocenters. The van der Waals surface area contributed by atoms with Gasteiger partial charge < -0.3 is 15.0 Å². The lowest BCUT2D eigenvalue weighted by atomic mass is 10.2. The van der Waals surface area contributed by atoms with Crippen LogP contribution < -0.4 is 15.0 Å². The highest BCUT2D eigenvalue weighted by Gasteiger charge is 2.10. The maximum Gasteiger partial charge on any atom is 0.222 e. The van der Waals surface area contributed by atoms with Crippen molar-refractivity contribution >= 4 is 21.6 Å². The molecule has 0 aliphatic carbocycles. The van der Waals surface area contributed by atoms with E-state index < -0.39 is 0 Å². The molecule has 4 nitrogen and oxygen atoms in total. The van der Waals surface area contributed by atoms with Gasteiger partial charge in [0.2, 0.25) is 5.88 Å². The second-order valence-corrected chi connectivity index (χ2v) is 6.02. The highest BCUT2D eigenvalue weighted by Crippen LogP contribution is 2.26. The molecule has 1 aliphatic rings. The summed E-state index contributed by atoms with van der Waals surface area (Å²) in [6.45, 7) is 6.17. The number of rotatable bonds is 3. The summed E-state index contributed by atoms with van der Waals surface area (Å²) in [7, 11) is 0. The summed E-state index contributed by atoms with van der Waals surface area (Å²) in [6, 6.07) is 10.2. The number of halogens is 1. The van der Waals surface area contributed by atoms with Crippen molar-refractivity contribution in [3.05, 3.63) is 46.6 Å². The molecule has 1 aromatic carbocycles. The van der Waals surface area contributed by atoms with Gasteiger partial charge in [0.25, 0.3) is 0 Å². The van der Waals surface area contributed by atoms with Crippen LogP contribution >= 0.6 is 15.9 Å². The zero-order valence-electron chi connectivity index (χ0n) is 12.0. The van der Waals surface area contributed by atoms with E-state index in [4.69, 9.17) is 4.74 Å². The van der Waals surface area contributed by atoms with Crippen LogP contribution in [0.5, 0.6) is 11.6 Å². The fraction of sp³-hybridized carbons (Fsp3) is 0.312. The topological polar surface area (TPSA) is 37.4 Å². The summed E-state index contributed by atoms with van der Waals surface area (Å²) >= 11 is 3.41. The van der Waals surface area contributed by atoms with Gasteiger partial charge in [0.05, 0.1) is 0 Å². The minimum absolute atomic E-state index is 0.646. The monoisotopic (exact) mass is 347 g/mol. The van der Waals surface area contributed by atoms with Crippen molar-refractivity contribution in [3.63, 3.8) is 0 Å². The average Bonchev–Trinajstić information content (AvgIpc) is 2.52. The second kappa shape index (κ2) is 6.45.